The highest BCUT2D eigenvalue weighted by Gasteiger charge is 2.53. The largest absolute Gasteiger partial charge is 0.394 e. The van der Waals surface area contributed by atoms with E-state index >= 15 is 0 Å². The molecule has 0 radical (unpaired) electrons. The van der Waals surface area contributed by atoms with Gasteiger partial charge in [-0.15, -0.1) is 0 Å². The van der Waals surface area contributed by atoms with Gasteiger partial charge < -0.3 is 89.9 Å². The number of aliphatic hydroxyl groups excluding tert-OH is 11. The first kappa shape index (κ1) is 87.7. The highest BCUT2D eigenvalue weighted by molar-refractivity contribution is 5.76. The number of hydrogen-bond acceptors (Lipinski definition) is 18. The maximum atomic E-state index is 13.4. The second-order valence-corrected chi connectivity index (χ2v) is 26.4. The van der Waals surface area contributed by atoms with E-state index in [0.29, 0.717) is 12.8 Å². The number of unbranched alkanes of at least 4 members (excludes halogenated alkanes) is 23. The molecular weight excluding hydrogens is 1240 g/mol. The van der Waals surface area contributed by atoms with Crippen molar-refractivity contribution in [2.75, 3.05) is 26.4 Å². The van der Waals surface area contributed by atoms with Crippen LogP contribution < -0.4 is 5.32 Å². The molecule has 97 heavy (non-hydrogen) atoms. The second-order valence-electron chi connectivity index (χ2n) is 26.4. The molecule has 19 heteroatoms. The van der Waals surface area contributed by atoms with Gasteiger partial charge in [-0.1, -0.05) is 264 Å². The predicted octanol–water partition coefficient (Wildman–Crippen LogP) is 11.4. The number of carbonyl (C=O) groups is 1. The minimum atomic E-state index is -1.98. The smallest absolute Gasteiger partial charge is 0.220 e. The number of amides is 1. The number of ether oxygens (including phenoxy) is 6. The quantitative estimate of drug-likeness (QED) is 0.0199. The normalized spacial score (nSPS) is 27.5. The van der Waals surface area contributed by atoms with E-state index in [0.717, 1.165) is 116 Å². The molecule has 0 saturated carbocycles. The molecular formula is C78H133NO18. The van der Waals surface area contributed by atoms with Gasteiger partial charge in [0.2, 0.25) is 5.91 Å². The highest BCUT2D eigenvalue weighted by atomic mass is 16.8. The van der Waals surface area contributed by atoms with Crippen LogP contribution in [0, 0.1) is 0 Å². The Hall–Kier alpha value is -3.55. The Morgan fingerprint density at radius 2 is 0.711 bits per heavy atom. The third-order valence-corrected chi connectivity index (χ3v) is 18.1. The van der Waals surface area contributed by atoms with Gasteiger partial charge in [0, 0.05) is 6.42 Å². The van der Waals surface area contributed by atoms with Crippen molar-refractivity contribution < 1.29 is 89.4 Å². The van der Waals surface area contributed by atoms with Gasteiger partial charge in [-0.05, 0) is 83.5 Å². The average molecular weight is 1370 g/mol. The number of aliphatic hydroxyl groups is 11. The van der Waals surface area contributed by atoms with Crippen LogP contribution >= 0.6 is 0 Å². The number of carbonyl (C=O) groups excluding carboxylic acids is 1. The van der Waals surface area contributed by atoms with Gasteiger partial charge in [-0.3, -0.25) is 4.79 Å². The van der Waals surface area contributed by atoms with Crippen LogP contribution in [0.2, 0.25) is 0 Å². The number of allylic oxidation sites excluding steroid dienone is 18. The van der Waals surface area contributed by atoms with Crippen molar-refractivity contribution in [3.8, 4) is 0 Å². The van der Waals surface area contributed by atoms with Crippen LogP contribution in [0.1, 0.15) is 245 Å². The second kappa shape index (κ2) is 58.0. The van der Waals surface area contributed by atoms with E-state index in [1.54, 1.807) is 0 Å². The van der Waals surface area contributed by atoms with Crippen LogP contribution in [0.15, 0.2) is 109 Å². The molecule has 0 aromatic rings. The molecule has 0 aromatic heterocycles. The summed E-state index contributed by atoms with van der Waals surface area (Å²) in [6.07, 6.45) is 51.7. The SMILES string of the molecule is CC/C=C\C/C=C\C/C=C\C/C=C\C/C=C\C/C=C\C/C=C\C/C=C\C/C=C\CCCCCCCCCCCC(=O)NC(COC1OC(CO)C(OC2OC(CO)C(OC3OC(CO)C(O)C(O)C3O)C(O)C2O)C(O)C1O)C(O)CCCCCCCCCCCCCCCCC. The van der Waals surface area contributed by atoms with Crippen LogP contribution in [0.25, 0.3) is 0 Å². The first-order chi connectivity index (χ1) is 47.3. The molecule has 3 heterocycles. The van der Waals surface area contributed by atoms with Gasteiger partial charge in [0.1, 0.15) is 73.2 Å². The number of hydrogen-bond donors (Lipinski definition) is 12. The van der Waals surface area contributed by atoms with Crippen molar-refractivity contribution in [2.45, 2.75) is 349 Å². The van der Waals surface area contributed by atoms with Crippen molar-refractivity contribution in [3.05, 3.63) is 109 Å². The Bertz CT molecular complexity index is 2180. The Morgan fingerprint density at radius 3 is 1.11 bits per heavy atom. The van der Waals surface area contributed by atoms with Gasteiger partial charge in [0.15, 0.2) is 18.9 Å². The van der Waals surface area contributed by atoms with Crippen molar-refractivity contribution in [1.29, 1.82) is 0 Å². The van der Waals surface area contributed by atoms with Crippen molar-refractivity contribution in [2.24, 2.45) is 0 Å². The van der Waals surface area contributed by atoms with E-state index in [1.165, 1.54) is 96.3 Å². The summed E-state index contributed by atoms with van der Waals surface area (Å²) in [5.74, 6) is -0.253. The molecule has 0 spiro atoms. The average Bonchev–Trinajstić information content (AvgIpc) is 0.789. The molecule has 0 aliphatic carbocycles. The summed E-state index contributed by atoms with van der Waals surface area (Å²) in [6.45, 7) is 1.67. The Labute approximate surface area is 583 Å². The molecule has 3 fully saturated rings. The van der Waals surface area contributed by atoms with Gasteiger partial charge in [-0.25, -0.2) is 0 Å². The summed E-state index contributed by atoms with van der Waals surface area (Å²) >= 11 is 0. The summed E-state index contributed by atoms with van der Waals surface area (Å²) in [5.41, 5.74) is 0. The molecule has 3 aliphatic rings. The molecule has 3 aliphatic heterocycles. The van der Waals surface area contributed by atoms with E-state index in [9.17, 15) is 61.0 Å². The van der Waals surface area contributed by atoms with Gasteiger partial charge in [0.25, 0.3) is 0 Å². The van der Waals surface area contributed by atoms with Crippen LogP contribution in [-0.4, -0.2) is 193 Å². The first-order valence-corrected chi connectivity index (χ1v) is 37.6. The Morgan fingerprint density at radius 1 is 0.381 bits per heavy atom. The molecule has 19 nitrogen and oxygen atoms in total. The topological polar surface area (TPSA) is 307 Å². The van der Waals surface area contributed by atoms with E-state index in [-0.39, 0.29) is 18.9 Å². The highest BCUT2D eigenvalue weighted by Crippen LogP contribution is 2.33. The van der Waals surface area contributed by atoms with Crippen molar-refractivity contribution in [3.63, 3.8) is 0 Å². The van der Waals surface area contributed by atoms with Gasteiger partial charge in [-0.2, -0.15) is 0 Å². The number of rotatable bonds is 57. The molecule has 12 N–H and O–H groups in total. The first-order valence-electron chi connectivity index (χ1n) is 37.6. The minimum absolute atomic E-state index is 0.253. The Balaban J connectivity index is 1.35. The molecule has 558 valence electrons. The summed E-state index contributed by atoms with van der Waals surface area (Å²) in [4.78, 5) is 13.4. The van der Waals surface area contributed by atoms with E-state index in [1.807, 2.05) is 0 Å². The van der Waals surface area contributed by atoms with E-state index in [4.69, 9.17) is 28.4 Å². The molecule has 3 saturated heterocycles. The van der Waals surface area contributed by atoms with Crippen molar-refractivity contribution >= 4 is 5.91 Å². The summed E-state index contributed by atoms with van der Waals surface area (Å²) in [5, 5.41) is 121. The fourth-order valence-corrected chi connectivity index (χ4v) is 12.1. The molecule has 3 rings (SSSR count). The van der Waals surface area contributed by atoms with Crippen LogP contribution in [0.5, 0.6) is 0 Å². The lowest BCUT2D eigenvalue weighted by Crippen LogP contribution is -2.66. The van der Waals surface area contributed by atoms with Gasteiger partial charge in [0.05, 0.1) is 38.6 Å². The van der Waals surface area contributed by atoms with E-state index < -0.39 is 124 Å². The lowest BCUT2D eigenvalue weighted by atomic mass is 9.96. The zero-order chi connectivity index (χ0) is 70.4. The third-order valence-electron chi connectivity index (χ3n) is 18.1. The maximum Gasteiger partial charge on any atom is 0.220 e. The summed E-state index contributed by atoms with van der Waals surface area (Å²) in [6, 6.07) is -0.898. The lowest BCUT2D eigenvalue weighted by molar-refractivity contribution is -0.379. The van der Waals surface area contributed by atoms with Crippen LogP contribution in [0.3, 0.4) is 0 Å². The standard InChI is InChI=1S/C78H133NO18/c1-3-5-7-9-11-13-15-17-19-20-21-22-23-24-25-26-27-28-29-30-31-32-33-34-35-36-37-38-39-40-42-44-46-48-50-52-54-56-66(84)79-61(62(83)55-53-51-49-47-45-43-41-18-16-14-12-10-8-6-4-2)60-92-76-72(90)69(87)74(64(58-81)94-76)97-78-73(91)70(88)75(65(59-82)95-78)96-77-71(89)68(86)67(85)63(57-80)93-77/h5,7,11,13,17,19,21-22,24-25,27-28,30-31,33-34,36-37,61-65,67-78,80-83,85-91H,3-4,6,8-10,12,14-16,18,20,23,26,29,32,35,38-60H2,1-2H3,(H,79,84)/b7-5-,13-11-,19-17-,22-21-,25-24-,28-27-,31-30-,34-33-,37-36-. The molecule has 1 amide bonds. The molecule has 0 aromatic carbocycles. The van der Waals surface area contributed by atoms with E-state index in [2.05, 4.69) is 129 Å². The van der Waals surface area contributed by atoms with Crippen molar-refractivity contribution in [1.82, 2.24) is 5.32 Å². The zero-order valence-electron chi connectivity index (χ0n) is 59.3. The molecule has 17 atom stereocenters. The van der Waals surface area contributed by atoms with Gasteiger partial charge >= 0.3 is 0 Å². The van der Waals surface area contributed by atoms with Crippen LogP contribution in [-0.2, 0) is 33.2 Å². The predicted molar refractivity (Wildman–Crippen MR) is 383 cm³/mol. The van der Waals surface area contributed by atoms with Crippen LogP contribution in [0.4, 0.5) is 0 Å². The molecule has 17 unspecified atom stereocenters. The third kappa shape index (κ3) is 38.9. The fraction of sp³-hybridized carbons (Fsp3) is 0.756. The maximum absolute atomic E-state index is 13.4. The number of nitrogens with one attached hydrogen (secondary N) is 1. The summed E-state index contributed by atoms with van der Waals surface area (Å²) in [7, 11) is 0. The summed E-state index contributed by atoms with van der Waals surface area (Å²) < 4.78 is 34.4. The monoisotopic (exact) mass is 1370 g/mol. The Kier molecular flexibility index (Phi) is 52.4. The minimum Gasteiger partial charge on any atom is -0.394 e. The fourth-order valence-electron chi connectivity index (χ4n) is 12.1. The lowest BCUT2D eigenvalue weighted by Gasteiger charge is -2.48. The molecule has 0 bridgehead atoms. The zero-order valence-corrected chi connectivity index (χ0v) is 59.3.